The molecular weight excluding hydrogens is 712 g/mol. The van der Waals surface area contributed by atoms with Crippen LogP contribution in [0.2, 0.25) is 21.6 Å². The SMILES string of the molecule is CC(C)[Si](Oc1cc(-c2ccc3c(OCC(F)(F)F)nc(OC[C@@]45CCCN4C[C@H](F)C5)nc3c2F)c2c(Cl)c(F)ccc2c1)(C(C)C)C(C)C. The standard InChI is InChI=1S/C37H42ClF6N3O3Si/c1-20(2)51(21(3)4,22(5)6)50-25-14-23-8-11-29(40)31(38)30(23)28(15-25)26-9-10-27-33(32(26)41)45-35(46-34(27)48-19-37(42,43)44)49-18-36-12-7-13-47(36)17-24(39)16-36/h8-11,14-15,20-22,24H,7,12-13,16-19H2,1-6H3/t24-,36+/m1/s1. The van der Waals surface area contributed by atoms with Gasteiger partial charge in [0.15, 0.2) is 12.4 Å². The molecule has 2 saturated heterocycles. The largest absolute Gasteiger partial charge is 0.543 e. The van der Waals surface area contributed by atoms with Gasteiger partial charge >= 0.3 is 12.2 Å². The van der Waals surface area contributed by atoms with Gasteiger partial charge in [0.2, 0.25) is 5.88 Å². The summed E-state index contributed by atoms with van der Waals surface area (Å²) in [7, 11) is -2.51. The van der Waals surface area contributed by atoms with Crippen LogP contribution < -0.4 is 13.9 Å². The second-order valence-corrected chi connectivity index (χ2v) is 20.5. The second-order valence-electron chi connectivity index (χ2n) is 14.8. The van der Waals surface area contributed by atoms with Crippen LogP contribution in [0.1, 0.15) is 60.8 Å². The number of nitrogens with zero attached hydrogens (tertiary/aromatic N) is 3. The number of aromatic nitrogens is 2. The number of alkyl halides is 4. The Morgan fingerprint density at radius 2 is 1.67 bits per heavy atom. The molecule has 2 aliphatic rings. The van der Waals surface area contributed by atoms with Crippen LogP contribution in [0, 0.1) is 11.6 Å². The average molecular weight is 754 g/mol. The van der Waals surface area contributed by atoms with Gasteiger partial charge in [0.05, 0.1) is 15.9 Å². The first-order chi connectivity index (χ1) is 24.0. The van der Waals surface area contributed by atoms with Crippen molar-refractivity contribution in [2.75, 3.05) is 26.3 Å². The van der Waals surface area contributed by atoms with Crippen molar-refractivity contribution in [1.82, 2.24) is 14.9 Å². The summed E-state index contributed by atoms with van der Waals surface area (Å²) in [6, 6.07) is 8.48. The summed E-state index contributed by atoms with van der Waals surface area (Å²) in [5.74, 6) is -1.70. The smallest absolute Gasteiger partial charge is 0.422 e. The van der Waals surface area contributed by atoms with Crippen molar-refractivity contribution in [3.8, 4) is 28.8 Å². The molecule has 0 saturated carbocycles. The molecule has 0 aliphatic carbocycles. The molecule has 0 bridgehead atoms. The Labute approximate surface area is 299 Å². The van der Waals surface area contributed by atoms with Crippen LogP contribution in [0.25, 0.3) is 32.8 Å². The van der Waals surface area contributed by atoms with Gasteiger partial charge in [0, 0.05) is 23.9 Å². The van der Waals surface area contributed by atoms with E-state index in [0.29, 0.717) is 24.1 Å². The van der Waals surface area contributed by atoms with Crippen molar-refractivity contribution in [1.29, 1.82) is 0 Å². The van der Waals surface area contributed by atoms with Gasteiger partial charge in [-0.25, -0.2) is 13.2 Å². The van der Waals surface area contributed by atoms with Crippen LogP contribution in [0.3, 0.4) is 0 Å². The van der Waals surface area contributed by atoms with Crippen molar-refractivity contribution in [3.05, 3.63) is 53.1 Å². The van der Waals surface area contributed by atoms with E-state index in [9.17, 15) is 22.0 Å². The second kappa shape index (κ2) is 13.9. The molecule has 1 aromatic heterocycles. The number of fused-ring (bicyclic) bond motifs is 3. The predicted octanol–water partition coefficient (Wildman–Crippen LogP) is 10.8. The van der Waals surface area contributed by atoms with Gasteiger partial charge in [-0.15, -0.1) is 0 Å². The topological polar surface area (TPSA) is 56.7 Å². The summed E-state index contributed by atoms with van der Waals surface area (Å²) in [5.41, 5.74) is -0.172. The minimum absolute atomic E-state index is 0.0367. The molecule has 2 aliphatic heterocycles. The Balaban J connectivity index is 1.51. The quantitative estimate of drug-likeness (QED) is 0.112. The van der Waals surface area contributed by atoms with E-state index < -0.39 is 56.3 Å². The van der Waals surface area contributed by atoms with Crippen molar-refractivity contribution in [3.63, 3.8) is 0 Å². The van der Waals surface area contributed by atoms with Crippen molar-refractivity contribution in [2.24, 2.45) is 0 Å². The lowest BCUT2D eigenvalue weighted by Crippen LogP contribution is -2.50. The van der Waals surface area contributed by atoms with Gasteiger partial charge in [-0.1, -0.05) is 65.3 Å². The third kappa shape index (κ3) is 6.97. The highest BCUT2D eigenvalue weighted by Crippen LogP contribution is 2.47. The van der Waals surface area contributed by atoms with E-state index >= 15 is 4.39 Å². The van der Waals surface area contributed by atoms with Crippen LogP contribution in [-0.4, -0.2) is 67.4 Å². The van der Waals surface area contributed by atoms with Gasteiger partial charge in [-0.3, -0.25) is 4.90 Å². The average Bonchev–Trinajstić information content (AvgIpc) is 3.58. The van der Waals surface area contributed by atoms with E-state index in [0.717, 1.165) is 6.42 Å². The number of halogens is 7. The maximum atomic E-state index is 17.0. The van der Waals surface area contributed by atoms with Crippen molar-refractivity contribution < 1.29 is 40.2 Å². The molecule has 6 rings (SSSR count). The Bertz CT molecular complexity index is 1920. The summed E-state index contributed by atoms with van der Waals surface area (Å²) < 4.78 is 104. The molecule has 51 heavy (non-hydrogen) atoms. The molecule has 6 nitrogen and oxygen atoms in total. The monoisotopic (exact) mass is 753 g/mol. The normalized spacial score (nSPS) is 20.0. The highest BCUT2D eigenvalue weighted by atomic mass is 35.5. The van der Waals surface area contributed by atoms with Crippen LogP contribution >= 0.6 is 11.6 Å². The van der Waals surface area contributed by atoms with Gasteiger partial charge in [-0.05, 0) is 71.2 Å². The number of ether oxygens (including phenoxy) is 2. The van der Waals surface area contributed by atoms with Gasteiger partial charge < -0.3 is 13.9 Å². The van der Waals surface area contributed by atoms with Crippen molar-refractivity contribution in [2.45, 2.75) is 95.3 Å². The third-order valence-corrected chi connectivity index (χ3v) is 17.0. The summed E-state index contributed by atoms with van der Waals surface area (Å²) in [6.45, 7) is 12.0. The Kier molecular flexibility index (Phi) is 10.2. The molecule has 2 fully saturated rings. The molecule has 3 aromatic carbocycles. The lowest BCUT2D eigenvalue weighted by molar-refractivity contribution is -0.153. The Morgan fingerprint density at radius 1 is 0.961 bits per heavy atom. The van der Waals surface area contributed by atoms with E-state index in [1.54, 1.807) is 18.2 Å². The van der Waals surface area contributed by atoms with E-state index in [4.69, 9.17) is 25.5 Å². The lowest BCUT2D eigenvalue weighted by Gasteiger charge is -2.42. The van der Waals surface area contributed by atoms with Crippen LogP contribution in [0.15, 0.2) is 36.4 Å². The Hall–Kier alpha value is -3.29. The van der Waals surface area contributed by atoms with Gasteiger partial charge in [0.1, 0.15) is 29.9 Å². The zero-order valence-corrected chi connectivity index (χ0v) is 31.2. The number of hydrogen-bond acceptors (Lipinski definition) is 6. The fourth-order valence-electron chi connectivity index (χ4n) is 8.49. The zero-order chi connectivity index (χ0) is 37.0. The fraction of sp³-hybridized carbons (Fsp3) is 0.514. The fourth-order valence-corrected chi connectivity index (χ4v) is 14.0. The first kappa shape index (κ1) is 37.5. The highest BCUT2D eigenvalue weighted by Gasteiger charge is 2.50. The minimum atomic E-state index is -4.71. The third-order valence-electron chi connectivity index (χ3n) is 10.6. The number of hydrogen-bond donors (Lipinski definition) is 0. The zero-order valence-electron chi connectivity index (χ0n) is 29.4. The Morgan fingerprint density at radius 3 is 2.33 bits per heavy atom. The van der Waals surface area contributed by atoms with Crippen LogP contribution in [0.4, 0.5) is 26.3 Å². The summed E-state index contributed by atoms with van der Waals surface area (Å²) in [6.07, 6.45) is -4.03. The molecule has 0 spiro atoms. The maximum Gasteiger partial charge on any atom is 0.422 e. The molecule has 276 valence electrons. The summed E-state index contributed by atoms with van der Waals surface area (Å²) >= 11 is 6.55. The molecule has 14 heteroatoms. The molecule has 0 amide bonds. The maximum absolute atomic E-state index is 17.0. The van der Waals surface area contributed by atoms with Gasteiger partial charge in [0.25, 0.3) is 8.32 Å². The molecule has 2 atom stereocenters. The number of benzene rings is 3. The molecule has 0 radical (unpaired) electrons. The highest BCUT2D eigenvalue weighted by molar-refractivity contribution is 6.78. The summed E-state index contributed by atoms with van der Waals surface area (Å²) in [4.78, 5) is 10.4. The molecular formula is C37H42ClF6N3O3Si. The van der Waals surface area contributed by atoms with E-state index in [-0.39, 0.29) is 68.6 Å². The first-order valence-electron chi connectivity index (χ1n) is 17.3. The van der Waals surface area contributed by atoms with Gasteiger partial charge in [-0.2, -0.15) is 23.1 Å². The molecule has 4 aromatic rings. The van der Waals surface area contributed by atoms with E-state index in [1.807, 2.05) is 4.90 Å². The lowest BCUT2D eigenvalue weighted by atomic mass is 9.95. The van der Waals surface area contributed by atoms with Crippen LogP contribution in [-0.2, 0) is 0 Å². The predicted molar refractivity (Wildman–Crippen MR) is 189 cm³/mol. The van der Waals surface area contributed by atoms with E-state index in [1.165, 1.54) is 18.2 Å². The molecule has 0 unspecified atom stereocenters. The van der Waals surface area contributed by atoms with Crippen LogP contribution in [0.5, 0.6) is 17.6 Å². The minimum Gasteiger partial charge on any atom is -0.543 e. The molecule has 0 N–H and O–H groups in total. The molecule has 3 heterocycles. The first-order valence-corrected chi connectivity index (χ1v) is 19.8. The van der Waals surface area contributed by atoms with Crippen molar-refractivity contribution >= 4 is 41.6 Å². The number of rotatable bonds is 11. The summed E-state index contributed by atoms with van der Waals surface area (Å²) in [5, 5.41) is 0.391. The van der Waals surface area contributed by atoms with E-state index in [2.05, 4.69) is 51.5 Å².